The second-order valence-corrected chi connectivity index (χ2v) is 6.12. The van der Waals surface area contributed by atoms with E-state index in [9.17, 15) is 0 Å². The molecule has 0 saturated carbocycles. The molecule has 2 aromatic rings. The van der Waals surface area contributed by atoms with Crippen LogP contribution in [0, 0.1) is 0 Å². The van der Waals surface area contributed by atoms with Gasteiger partial charge in [-0.05, 0) is 28.8 Å². The van der Waals surface area contributed by atoms with Crippen LogP contribution in [-0.4, -0.2) is 14.8 Å². The molecule has 0 saturated heterocycles. The van der Waals surface area contributed by atoms with Crippen LogP contribution in [0.15, 0.2) is 16.0 Å². The largest absolute Gasteiger partial charge is 0.302 e. The molecule has 1 N–H and O–H groups in total. The Labute approximate surface area is 126 Å². The van der Waals surface area contributed by atoms with Gasteiger partial charge in [0.1, 0.15) is 5.01 Å². The molecule has 2 rings (SSSR count). The van der Waals surface area contributed by atoms with Crippen molar-refractivity contribution in [3.05, 3.63) is 32.4 Å². The third-order valence-corrected chi connectivity index (χ3v) is 4.98. The van der Waals surface area contributed by atoms with Crippen LogP contribution in [0.5, 0.6) is 0 Å². The van der Waals surface area contributed by atoms with Crippen molar-refractivity contribution in [1.82, 2.24) is 20.1 Å². The van der Waals surface area contributed by atoms with E-state index in [1.807, 2.05) is 23.3 Å². The minimum Gasteiger partial charge on any atom is -0.302 e. The number of nitrogens with one attached hydrogen (secondary N) is 1. The Morgan fingerprint density at radius 2 is 2.26 bits per heavy atom. The zero-order chi connectivity index (χ0) is 13.8. The summed E-state index contributed by atoms with van der Waals surface area (Å²) in [7, 11) is 1.99. The number of nitrogens with zero attached hydrogens (tertiary/aromatic N) is 3. The van der Waals surface area contributed by atoms with Gasteiger partial charge in [0.2, 0.25) is 0 Å². The molecule has 2 heterocycles. The molecule has 0 bridgehead atoms. The fraction of sp³-hybridized carbons (Fsp3) is 0.538. The van der Waals surface area contributed by atoms with Gasteiger partial charge < -0.3 is 5.32 Å². The van der Waals surface area contributed by atoms with Crippen molar-refractivity contribution in [2.75, 3.05) is 0 Å². The monoisotopic (exact) mass is 342 g/mol. The lowest BCUT2D eigenvalue weighted by molar-refractivity contribution is 0.500. The van der Waals surface area contributed by atoms with Crippen LogP contribution < -0.4 is 5.32 Å². The topological polar surface area (TPSA) is 42.7 Å². The van der Waals surface area contributed by atoms with Crippen LogP contribution in [0.25, 0.3) is 0 Å². The third kappa shape index (κ3) is 3.24. The number of rotatable bonds is 6. The molecule has 4 nitrogen and oxygen atoms in total. The first-order chi connectivity index (χ1) is 9.17. The van der Waals surface area contributed by atoms with E-state index in [0.29, 0.717) is 6.04 Å². The summed E-state index contributed by atoms with van der Waals surface area (Å²) in [6.45, 7) is 5.09. The Kier molecular flexibility index (Phi) is 5.13. The average molecular weight is 343 g/mol. The van der Waals surface area contributed by atoms with E-state index >= 15 is 0 Å². The van der Waals surface area contributed by atoms with Crippen molar-refractivity contribution in [3.8, 4) is 0 Å². The fourth-order valence-corrected chi connectivity index (χ4v) is 3.60. The maximum Gasteiger partial charge on any atom is 0.109 e. The van der Waals surface area contributed by atoms with E-state index in [2.05, 4.69) is 45.2 Å². The number of hydrogen-bond donors (Lipinski definition) is 1. The Morgan fingerprint density at radius 1 is 1.47 bits per heavy atom. The number of halogens is 1. The Balaban J connectivity index is 2.08. The Morgan fingerprint density at radius 3 is 2.79 bits per heavy atom. The fourth-order valence-electron chi connectivity index (χ4n) is 2.04. The average Bonchev–Trinajstić information content (AvgIpc) is 3.01. The van der Waals surface area contributed by atoms with E-state index in [-0.39, 0.29) is 0 Å². The van der Waals surface area contributed by atoms with Gasteiger partial charge in [-0.3, -0.25) is 4.68 Å². The van der Waals surface area contributed by atoms with Crippen molar-refractivity contribution < 1.29 is 0 Å². The molecule has 0 amide bonds. The normalized spacial score (nSPS) is 12.8. The lowest BCUT2D eigenvalue weighted by Crippen LogP contribution is -2.21. The van der Waals surface area contributed by atoms with E-state index < -0.39 is 0 Å². The van der Waals surface area contributed by atoms with Crippen LogP contribution in [-0.2, 0) is 20.0 Å². The molecule has 0 aliphatic carbocycles. The summed E-state index contributed by atoms with van der Waals surface area (Å²) in [6.07, 6.45) is 3.83. The van der Waals surface area contributed by atoms with Gasteiger partial charge in [0.25, 0.3) is 0 Å². The van der Waals surface area contributed by atoms with Gasteiger partial charge in [-0.25, -0.2) is 4.98 Å². The van der Waals surface area contributed by atoms with E-state index in [4.69, 9.17) is 0 Å². The number of aryl methyl sites for hydroxylation is 2. The first-order valence-electron chi connectivity index (χ1n) is 6.50. The predicted octanol–water partition coefficient (Wildman–Crippen LogP) is 3.44. The first-order valence-corrected chi connectivity index (χ1v) is 8.17. The van der Waals surface area contributed by atoms with Gasteiger partial charge >= 0.3 is 0 Å². The van der Waals surface area contributed by atoms with Gasteiger partial charge in [0, 0.05) is 25.2 Å². The smallest absolute Gasteiger partial charge is 0.109 e. The highest BCUT2D eigenvalue weighted by Crippen LogP contribution is 2.24. The summed E-state index contributed by atoms with van der Waals surface area (Å²) in [6, 6.07) is 0.312. The van der Waals surface area contributed by atoms with Crippen LogP contribution >= 0.6 is 27.3 Å². The zero-order valence-corrected chi connectivity index (χ0v) is 13.9. The van der Waals surface area contributed by atoms with E-state index in [1.165, 1.54) is 5.69 Å². The predicted molar refractivity (Wildman–Crippen MR) is 82.3 cm³/mol. The van der Waals surface area contributed by atoms with Gasteiger partial charge in [0.15, 0.2) is 0 Å². The SMILES string of the molecule is CCc1nn(C)c(CNC(CC)c2nccs2)c1Br. The number of aromatic nitrogens is 3. The van der Waals surface area contributed by atoms with Crippen LogP contribution in [0.1, 0.15) is 42.7 Å². The van der Waals surface area contributed by atoms with Crippen molar-refractivity contribution in [2.45, 2.75) is 39.3 Å². The summed E-state index contributed by atoms with van der Waals surface area (Å²) in [5, 5.41) is 11.2. The highest BCUT2D eigenvalue weighted by molar-refractivity contribution is 9.10. The van der Waals surface area contributed by atoms with Crippen molar-refractivity contribution >= 4 is 27.3 Å². The molecule has 2 aromatic heterocycles. The maximum absolute atomic E-state index is 4.51. The van der Waals surface area contributed by atoms with Gasteiger partial charge in [-0.1, -0.05) is 13.8 Å². The summed E-state index contributed by atoms with van der Waals surface area (Å²) in [5.74, 6) is 0. The van der Waals surface area contributed by atoms with Crippen LogP contribution in [0.4, 0.5) is 0 Å². The summed E-state index contributed by atoms with van der Waals surface area (Å²) in [5.41, 5.74) is 2.30. The van der Waals surface area contributed by atoms with Gasteiger partial charge in [0.05, 0.1) is 21.9 Å². The zero-order valence-electron chi connectivity index (χ0n) is 11.5. The minimum atomic E-state index is 0.312. The molecule has 0 aliphatic rings. The standard InChI is InChI=1S/C13H19BrN4S/c1-4-9-12(14)11(18(3)17-9)8-16-10(5-2)13-15-6-7-19-13/h6-7,10,16H,4-5,8H2,1-3H3. The van der Waals surface area contributed by atoms with E-state index in [0.717, 1.165) is 34.6 Å². The maximum atomic E-state index is 4.51. The first kappa shape index (κ1) is 14.7. The molecular formula is C13H19BrN4S. The summed E-state index contributed by atoms with van der Waals surface area (Å²) < 4.78 is 3.07. The molecule has 0 aromatic carbocycles. The molecule has 104 valence electrons. The third-order valence-electron chi connectivity index (χ3n) is 3.18. The molecule has 6 heteroatoms. The highest BCUT2D eigenvalue weighted by atomic mass is 79.9. The van der Waals surface area contributed by atoms with Crippen LogP contribution in [0.2, 0.25) is 0 Å². The van der Waals surface area contributed by atoms with Crippen molar-refractivity contribution in [3.63, 3.8) is 0 Å². The Bertz CT molecular complexity index is 521. The molecule has 0 aliphatic heterocycles. The number of thiazole rings is 1. The molecular weight excluding hydrogens is 324 g/mol. The Hall–Kier alpha value is -0.720. The lowest BCUT2D eigenvalue weighted by Gasteiger charge is -2.14. The van der Waals surface area contributed by atoms with Crippen molar-refractivity contribution in [1.29, 1.82) is 0 Å². The number of hydrogen-bond acceptors (Lipinski definition) is 4. The van der Waals surface area contributed by atoms with E-state index in [1.54, 1.807) is 11.3 Å². The van der Waals surface area contributed by atoms with Gasteiger partial charge in [-0.2, -0.15) is 5.10 Å². The molecule has 0 fully saturated rings. The molecule has 1 atom stereocenters. The van der Waals surface area contributed by atoms with Crippen LogP contribution in [0.3, 0.4) is 0 Å². The molecule has 19 heavy (non-hydrogen) atoms. The quantitative estimate of drug-likeness (QED) is 0.874. The summed E-state index contributed by atoms with van der Waals surface area (Å²) in [4.78, 5) is 4.39. The van der Waals surface area contributed by atoms with Gasteiger partial charge in [-0.15, -0.1) is 11.3 Å². The lowest BCUT2D eigenvalue weighted by atomic mass is 10.2. The van der Waals surface area contributed by atoms with Crippen molar-refractivity contribution in [2.24, 2.45) is 7.05 Å². The summed E-state index contributed by atoms with van der Waals surface area (Å²) >= 11 is 5.35. The molecule has 1 unspecified atom stereocenters. The highest BCUT2D eigenvalue weighted by Gasteiger charge is 2.16. The second kappa shape index (κ2) is 6.63. The molecule has 0 radical (unpaired) electrons. The second-order valence-electron chi connectivity index (χ2n) is 4.40. The minimum absolute atomic E-state index is 0.312. The molecule has 0 spiro atoms.